The number of nitrogens with one attached hydrogen (secondary N) is 1. The summed E-state index contributed by atoms with van der Waals surface area (Å²) in [5.41, 5.74) is 10.9. The molecule has 5 rings (SSSR count). The molecule has 202 valence electrons. The van der Waals surface area contributed by atoms with E-state index < -0.39 is 5.91 Å². The van der Waals surface area contributed by atoms with Crippen molar-refractivity contribution in [1.82, 2.24) is 19.9 Å². The lowest BCUT2D eigenvalue weighted by Gasteiger charge is -2.32. The van der Waals surface area contributed by atoms with Gasteiger partial charge in [0.05, 0.1) is 17.3 Å². The van der Waals surface area contributed by atoms with Gasteiger partial charge in [0.25, 0.3) is 0 Å². The molecule has 0 spiro atoms. The predicted molar refractivity (Wildman–Crippen MR) is 153 cm³/mol. The summed E-state index contributed by atoms with van der Waals surface area (Å²) >= 11 is 0. The zero-order valence-electron chi connectivity index (χ0n) is 22.6. The van der Waals surface area contributed by atoms with Crippen molar-refractivity contribution >= 4 is 11.9 Å². The number of carbonyl (C=O) groups excluding carboxylic acids is 1. The number of nitrogens with two attached hydrogens (primary N) is 1. The van der Waals surface area contributed by atoms with E-state index in [-0.39, 0.29) is 6.04 Å². The Hall–Kier alpha value is -4.81. The van der Waals surface area contributed by atoms with Gasteiger partial charge in [-0.2, -0.15) is 10.2 Å². The van der Waals surface area contributed by atoms with Gasteiger partial charge in [0, 0.05) is 55.3 Å². The third-order valence-corrected chi connectivity index (χ3v) is 7.02. The highest BCUT2D eigenvalue weighted by Gasteiger charge is 2.21. The number of benzene rings is 2. The van der Waals surface area contributed by atoms with Crippen LogP contribution in [0.25, 0.3) is 11.3 Å². The summed E-state index contributed by atoms with van der Waals surface area (Å²) < 4.78 is 6.28. The minimum Gasteiger partial charge on any atom is -0.438 e. The zero-order chi connectivity index (χ0) is 28.1. The molecule has 0 atom stereocenters. The summed E-state index contributed by atoms with van der Waals surface area (Å²) in [5, 5.41) is 12.8. The first-order chi connectivity index (χ1) is 19.4. The maximum atomic E-state index is 11.3. The molecule has 0 radical (unpaired) electrons. The van der Waals surface area contributed by atoms with Gasteiger partial charge in [-0.15, -0.1) is 0 Å². The van der Waals surface area contributed by atoms with Gasteiger partial charge in [0.1, 0.15) is 5.75 Å². The summed E-state index contributed by atoms with van der Waals surface area (Å²) in [6.45, 7) is 6.51. The molecule has 9 nitrogen and oxygen atoms in total. The van der Waals surface area contributed by atoms with Crippen molar-refractivity contribution in [1.29, 1.82) is 5.26 Å². The van der Waals surface area contributed by atoms with Crippen LogP contribution in [0, 0.1) is 25.2 Å². The lowest BCUT2D eigenvalue weighted by molar-refractivity contribution is 0.1000. The van der Waals surface area contributed by atoms with E-state index >= 15 is 0 Å². The van der Waals surface area contributed by atoms with Crippen LogP contribution in [0.4, 0.5) is 5.95 Å². The van der Waals surface area contributed by atoms with Gasteiger partial charge in [0.15, 0.2) is 0 Å². The normalized spacial score (nSPS) is 13.9. The fraction of sp³-hybridized carbons (Fsp3) is 0.258. The van der Waals surface area contributed by atoms with Crippen LogP contribution in [0.2, 0.25) is 0 Å². The Morgan fingerprint density at radius 2 is 1.82 bits per heavy atom. The second-order valence-electron chi connectivity index (χ2n) is 10.1. The number of primary amides is 1. The van der Waals surface area contributed by atoms with E-state index in [4.69, 9.17) is 20.4 Å². The number of anilines is 1. The Bertz CT molecular complexity index is 1520. The Labute approximate surface area is 233 Å². The summed E-state index contributed by atoms with van der Waals surface area (Å²) in [6.07, 6.45) is 5.36. The number of hydrogen-bond acceptors (Lipinski definition) is 8. The Kier molecular flexibility index (Phi) is 7.99. The molecule has 0 saturated carbocycles. The molecule has 2 aromatic heterocycles. The fourth-order valence-corrected chi connectivity index (χ4v) is 4.93. The molecule has 1 saturated heterocycles. The standard InChI is InChI=1S/C31H31N7O2/c1-20-14-23(17-32)15-21(2)29(20)40-28-16-27(25-4-3-11-34-18-25)36-31(37-28)35-26-9-12-38(13-10-26)19-22-5-7-24(8-6-22)30(33)39/h3-8,11,14-16,18,26H,9-10,12-13,19H2,1-2H3,(H2,33,39)(H,35,36,37). The van der Waals surface area contributed by atoms with Gasteiger partial charge < -0.3 is 15.8 Å². The van der Waals surface area contributed by atoms with Gasteiger partial charge in [0.2, 0.25) is 17.7 Å². The number of rotatable bonds is 8. The highest BCUT2D eigenvalue weighted by molar-refractivity contribution is 5.92. The lowest BCUT2D eigenvalue weighted by Crippen LogP contribution is -2.39. The van der Waals surface area contributed by atoms with Crippen LogP contribution in [-0.4, -0.2) is 44.9 Å². The molecule has 2 aromatic carbocycles. The summed E-state index contributed by atoms with van der Waals surface area (Å²) in [4.78, 5) is 27.5. The molecule has 40 heavy (non-hydrogen) atoms. The SMILES string of the molecule is Cc1cc(C#N)cc(C)c1Oc1cc(-c2cccnc2)nc(NC2CCN(Cc3ccc(C(N)=O)cc3)CC2)n1. The van der Waals surface area contributed by atoms with Gasteiger partial charge >= 0.3 is 0 Å². The van der Waals surface area contributed by atoms with Crippen molar-refractivity contribution in [3.63, 3.8) is 0 Å². The third-order valence-electron chi connectivity index (χ3n) is 7.02. The Balaban J connectivity index is 1.30. The van der Waals surface area contributed by atoms with Crippen molar-refractivity contribution in [2.75, 3.05) is 18.4 Å². The minimum atomic E-state index is -0.413. The van der Waals surface area contributed by atoms with Gasteiger partial charge in [-0.3, -0.25) is 14.7 Å². The van der Waals surface area contributed by atoms with Crippen LogP contribution in [0.3, 0.4) is 0 Å². The number of pyridine rings is 1. The van der Waals surface area contributed by atoms with Gasteiger partial charge in [-0.1, -0.05) is 12.1 Å². The monoisotopic (exact) mass is 533 g/mol. The first-order valence-corrected chi connectivity index (χ1v) is 13.2. The van der Waals surface area contributed by atoms with E-state index in [1.165, 1.54) is 0 Å². The van der Waals surface area contributed by atoms with Crippen LogP contribution in [0.1, 0.15) is 45.5 Å². The van der Waals surface area contributed by atoms with Crippen molar-refractivity contribution in [3.8, 4) is 29.0 Å². The second kappa shape index (κ2) is 11.9. The number of piperidine rings is 1. The van der Waals surface area contributed by atoms with Gasteiger partial charge in [-0.25, -0.2) is 4.98 Å². The molecule has 0 bridgehead atoms. The maximum absolute atomic E-state index is 11.3. The summed E-state index contributed by atoms with van der Waals surface area (Å²) in [6, 6.07) is 19.1. The van der Waals surface area contributed by atoms with E-state index in [2.05, 4.69) is 21.3 Å². The first-order valence-electron chi connectivity index (χ1n) is 13.2. The second-order valence-corrected chi connectivity index (χ2v) is 10.1. The van der Waals surface area contributed by atoms with Crippen molar-refractivity contribution in [3.05, 3.63) is 94.8 Å². The number of aryl methyl sites for hydroxylation is 2. The predicted octanol–water partition coefficient (Wildman–Crippen LogP) is 4.99. The third kappa shape index (κ3) is 6.42. The molecule has 1 aliphatic heterocycles. The highest BCUT2D eigenvalue weighted by Crippen LogP contribution is 2.31. The lowest BCUT2D eigenvalue weighted by atomic mass is 10.0. The van der Waals surface area contributed by atoms with Crippen LogP contribution < -0.4 is 15.8 Å². The molecule has 9 heteroatoms. The Morgan fingerprint density at radius 1 is 1.10 bits per heavy atom. The molecule has 0 aliphatic carbocycles. The number of ether oxygens (including phenoxy) is 1. The number of amides is 1. The maximum Gasteiger partial charge on any atom is 0.248 e. The van der Waals surface area contributed by atoms with E-state index in [0.29, 0.717) is 34.4 Å². The van der Waals surface area contributed by atoms with Crippen LogP contribution in [0.15, 0.2) is 67.0 Å². The van der Waals surface area contributed by atoms with Crippen molar-refractivity contribution in [2.24, 2.45) is 5.73 Å². The van der Waals surface area contributed by atoms with E-state index in [0.717, 1.165) is 54.7 Å². The van der Waals surface area contributed by atoms with Crippen LogP contribution >= 0.6 is 0 Å². The smallest absolute Gasteiger partial charge is 0.248 e. The molecular formula is C31H31N7O2. The number of hydrogen-bond donors (Lipinski definition) is 2. The summed E-state index contributed by atoms with van der Waals surface area (Å²) in [5.74, 6) is 1.19. The average molecular weight is 534 g/mol. The Morgan fingerprint density at radius 3 is 2.45 bits per heavy atom. The number of likely N-dealkylation sites (tertiary alicyclic amines) is 1. The van der Waals surface area contributed by atoms with Crippen LogP contribution in [0.5, 0.6) is 11.6 Å². The molecule has 4 aromatic rings. The molecule has 3 N–H and O–H groups in total. The number of nitriles is 1. The van der Waals surface area contributed by atoms with Gasteiger partial charge in [-0.05, 0) is 79.8 Å². The van der Waals surface area contributed by atoms with Crippen molar-refractivity contribution in [2.45, 2.75) is 39.3 Å². The number of aromatic nitrogens is 3. The zero-order valence-corrected chi connectivity index (χ0v) is 22.6. The molecule has 0 unspecified atom stereocenters. The van der Waals surface area contributed by atoms with Crippen molar-refractivity contribution < 1.29 is 9.53 Å². The first kappa shape index (κ1) is 26.8. The minimum absolute atomic E-state index is 0.212. The molecule has 1 fully saturated rings. The van der Waals surface area contributed by atoms with Crippen LogP contribution in [-0.2, 0) is 6.54 Å². The average Bonchev–Trinajstić information content (AvgIpc) is 2.96. The molecule has 1 amide bonds. The fourth-order valence-electron chi connectivity index (χ4n) is 4.93. The summed E-state index contributed by atoms with van der Waals surface area (Å²) in [7, 11) is 0. The quantitative estimate of drug-likeness (QED) is 0.324. The number of nitrogens with zero attached hydrogens (tertiary/aromatic N) is 5. The number of carbonyl (C=O) groups is 1. The van der Waals surface area contributed by atoms with E-state index in [9.17, 15) is 10.1 Å². The topological polar surface area (TPSA) is 130 Å². The highest BCUT2D eigenvalue weighted by atomic mass is 16.5. The van der Waals surface area contributed by atoms with E-state index in [1.807, 2.05) is 56.3 Å². The molecular weight excluding hydrogens is 502 g/mol. The molecule has 1 aliphatic rings. The largest absolute Gasteiger partial charge is 0.438 e. The molecule has 3 heterocycles. The van der Waals surface area contributed by atoms with E-state index in [1.54, 1.807) is 24.5 Å².